The minimum Gasteiger partial charge on any atom is -0.480 e. The smallest absolute Gasteiger partial charge is 0.341 e. The van der Waals surface area contributed by atoms with Gasteiger partial charge in [-0.3, -0.25) is 0 Å². The molecule has 6 heteroatoms. The molecule has 2 N–H and O–H groups in total. The van der Waals surface area contributed by atoms with Crippen LogP contribution >= 0.6 is 11.6 Å². The molecule has 1 aromatic carbocycles. The van der Waals surface area contributed by atoms with Gasteiger partial charge in [-0.1, -0.05) is 11.6 Å². The van der Waals surface area contributed by atoms with Gasteiger partial charge in [-0.05, 0) is 18.2 Å². The molecule has 0 unspecified atom stereocenters. The number of aromatic carboxylic acids is 1. The van der Waals surface area contributed by atoms with Crippen LogP contribution in [0.15, 0.2) is 18.2 Å². The SMILES string of the molecule is O=C(O)COc1cc(C(=O)O)ccc1Cl. The van der Waals surface area contributed by atoms with Crippen molar-refractivity contribution in [2.45, 2.75) is 0 Å². The van der Waals surface area contributed by atoms with Gasteiger partial charge in [0.15, 0.2) is 6.61 Å². The fourth-order valence-electron chi connectivity index (χ4n) is 0.886. The second-order valence-corrected chi connectivity index (χ2v) is 3.04. The predicted octanol–water partition coefficient (Wildman–Crippen LogP) is 1.50. The van der Waals surface area contributed by atoms with Gasteiger partial charge in [-0.2, -0.15) is 0 Å². The minimum absolute atomic E-state index is 0.0141. The zero-order chi connectivity index (χ0) is 11.4. The molecule has 0 aromatic heterocycles. The van der Waals surface area contributed by atoms with E-state index < -0.39 is 18.5 Å². The maximum atomic E-state index is 10.6. The van der Waals surface area contributed by atoms with Crippen LogP contribution in [0.1, 0.15) is 10.4 Å². The summed E-state index contributed by atoms with van der Waals surface area (Å²) in [6.45, 7) is -0.567. The first kappa shape index (κ1) is 11.3. The highest BCUT2D eigenvalue weighted by Crippen LogP contribution is 2.25. The number of carbonyl (C=O) groups is 2. The van der Waals surface area contributed by atoms with Crippen LogP contribution in [0.5, 0.6) is 5.75 Å². The highest BCUT2D eigenvalue weighted by molar-refractivity contribution is 6.32. The molecule has 0 radical (unpaired) electrons. The van der Waals surface area contributed by atoms with Crippen molar-refractivity contribution >= 4 is 23.5 Å². The maximum absolute atomic E-state index is 10.6. The van der Waals surface area contributed by atoms with Gasteiger partial charge in [0.25, 0.3) is 0 Å². The van der Waals surface area contributed by atoms with Gasteiger partial charge in [0, 0.05) is 0 Å². The summed E-state index contributed by atoms with van der Waals surface area (Å²) in [7, 11) is 0. The Morgan fingerprint density at radius 1 is 1.33 bits per heavy atom. The Labute approximate surface area is 89.9 Å². The molecule has 0 amide bonds. The molecule has 1 rings (SSSR count). The summed E-state index contributed by atoms with van der Waals surface area (Å²) in [5, 5.41) is 17.2. The number of benzene rings is 1. The van der Waals surface area contributed by atoms with E-state index in [1.54, 1.807) is 0 Å². The number of ether oxygens (including phenoxy) is 1. The van der Waals surface area contributed by atoms with E-state index in [1.165, 1.54) is 18.2 Å². The molecule has 0 fully saturated rings. The van der Waals surface area contributed by atoms with Crippen molar-refractivity contribution < 1.29 is 24.5 Å². The standard InChI is InChI=1S/C9H7ClO5/c10-6-2-1-5(9(13)14)3-7(6)15-4-8(11)12/h1-3H,4H2,(H,11,12)(H,13,14). The molecule has 0 bridgehead atoms. The normalized spacial score (nSPS) is 9.67. The first-order valence-electron chi connectivity index (χ1n) is 3.88. The summed E-state index contributed by atoms with van der Waals surface area (Å²) in [4.78, 5) is 20.8. The molecule has 0 aliphatic heterocycles. The van der Waals surface area contributed by atoms with Gasteiger partial charge < -0.3 is 14.9 Å². The zero-order valence-corrected chi connectivity index (χ0v) is 8.19. The van der Waals surface area contributed by atoms with E-state index in [0.29, 0.717) is 0 Å². The lowest BCUT2D eigenvalue weighted by atomic mass is 10.2. The molecule has 0 saturated carbocycles. The second-order valence-electron chi connectivity index (χ2n) is 2.63. The molecule has 0 heterocycles. The Balaban J connectivity index is 2.90. The Kier molecular flexibility index (Phi) is 3.51. The van der Waals surface area contributed by atoms with Crippen LogP contribution < -0.4 is 4.74 Å². The first-order valence-corrected chi connectivity index (χ1v) is 4.26. The second kappa shape index (κ2) is 4.65. The average molecular weight is 231 g/mol. The molecule has 0 spiro atoms. The number of halogens is 1. The van der Waals surface area contributed by atoms with Crippen molar-refractivity contribution in [2.24, 2.45) is 0 Å². The van der Waals surface area contributed by atoms with Gasteiger partial charge >= 0.3 is 11.9 Å². The Bertz CT molecular complexity index is 401. The molecular formula is C9H7ClO5. The topological polar surface area (TPSA) is 83.8 Å². The minimum atomic E-state index is -1.16. The molecular weight excluding hydrogens is 224 g/mol. The average Bonchev–Trinajstić information content (AvgIpc) is 2.16. The molecule has 0 saturated heterocycles. The Hall–Kier alpha value is -1.75. The quantitative estimate of drug-likeness (QED) is 0.819. The fourth-order valence-corrected chi connectivity index (χ4v) is 1.06. The molecule has 0 atom stereocenters. The summed E-state index contributed by atoms with van der Waals surface area (Å²) in [5.74, 6) is -2.25. The Morgan fingerprint density at radius 3 is 2.53 bits per heavy atom. The van der Waals surface area contributed by atoms with E-state index in [4.69, 9.17) is 26.6 Å². The van der Waals surface area contributed by atoms with Crippen molar-refractivity contribution in [1.29, 1.82) is 0 Å². The summed E-state index contributed by atoms with van der Waals surface area (Å²) < 4.78 is 4.79. The van der Waals surface area contributed by atoms with Crippen LogP contribution in [-0.2, 0) is 4.79 Å². The highest BCUT2D eigenvalue weighted by Gasteiger charge is 2.09. The molecule has 5 nitrogen and oxygen atoms in total. The van der Waals surface area contributed by atoms with E-state index in [2.05, 4.69) is 0 Å². The number of carboxylic acids is 2. The first-order chi connectivity index (χ1) is 7.00. The largest absolute Gasteiger partial charge is 0.480 e. The predicted molar refractivity (Wildman–Crippen MR) is 51.5 cm³/mol. The zero-order valence-electron chi connectivity index (χ0n) is 7.44. The third kappa shape index (κ3) is 3.14. The summed E-state index contributed by atoms with van der Waals surface area (Å²) in [6, 6.07) is 3.81. The van der Waals surface area contributed by atoms with Crippen molar-refractivity contribution in [3.8, 4) is 5.75 Å². The van der Waals surface area contributed by atoms with Crippen LogP contribution in [-0.4, -0.2) is 28.8 Å². The van der Waals surface area contributed by atoms with Gasteiger partial charge in [0.05, 0.1) is 10.6 Å². The third-order valence-electron chi connectivity index (χ3n) is 1.53. The molecule has 0 aliphatic carbocycles. The lowest BCUT2D eigenvalue weighted by Crippen LogP contribution is -2.10. The van der Waals surface area contributed by atoms with E-state index >= 15 is 0 Å². The van der Waals surface area contributed by atoms with E-state index in [-0.39, 0.29) is 16.3 Å². The van der Waals surface area contributed by atoms with Crippen LogP contribution in [0.2, 0.25) is 5.02 Å². The number of hydrogen-bond donors (Lipinski definition) is 2. The summed E-state index contributed by atoms with van der Waals surface area (Å²) in [5.41, 5.74) is -0.0141. The molecule has 0 aliphatic rings. The van der Waals surface area contributed by atoms with Crippen LogP contribution in [0.25, 0.3) is 0 Å². The van der Waals surface area contributed by atoms with E-state index in [1.807, 2.05) is 0 Å². The van der Waals surface area contributed by atoms with Gasteiger partial charge in [0.1, 0.15) is 5.75 Å². The molecule has 80 valence electrons. The van der Waals surface area contributed by atoms with Crippen LogP contribution in [0, 0.1) is 0 Å². The molecule has 15 heavy (non-hydrogen) atoms. The fraction of sp³-hybridized carbons (Fsp3) is 0.111. The van der Waals surface area contributed by atoms with Crippen molar-refractivity contribution in [3.05, 3.63) is 28.8 Å². The van der Waals surface area contributed by atoms with E-state index in [9.17, 15) is 9.59 Å². The highest BCUT2D eigenvalue weighted by atomic mass is 35.5. The lowest BCUT2D eigenvalue weighted by Gasteiger charge is -2.05. The van der Waals surface area contributed by atoms with Crippen LogP contribution in [0.4, 0.5) is 0 Å². The number of aliphatic carboxylic acids is 1. The van der Waals surface area contributed by atoms with Crippen molar-refractivity contribution in [2.75, 3.05) is 6.61 Å². The van der Waals surface area contributed by atoms with Crippen molar-refractivity contribution in [1.82, 2.24) is 0 Å². The third-order valence-corrected chi connectivity index (χ3v) is 1.84. The number of hydrogen-bond acceptors (Lipinski definition) is 3. The van der Waals surface area contributed by atoms with Crippen LogP contribution in [0.3, 0.4) is 0 Å². The lowest BCUT2D eigenvalue weighted by molar-refractivity contribution is -0.139. The molecule has 1 aromatic rings. The monoisotopic (exact) mass is 230 g/mol. The number of rotatable bonds is 4. The van der Waals surface area contributed by atoms with Gasteiger partial charge in [-0.15, -0.1) is 0 Å². The van der Waals surface area contributed by atoms with E-state index in [0.717, 1.165) is 0 Å². The van der Waals surface area contributed by atoms with Gasteiger partial charge in [0.2, 0.25) is 0 Å². The van der Waals surface area contributed by atoms with Crippen molar-refractivity contribution in [3.63, 3.8) is 0 Å². The Morgan fingerprint density at radius 2 is 2.00 bits per heavy atom. The summed E-state index contributed by atoms with van der Waals surface area (Å²) in [6.07, 6.45) is 0. The summed E-state index contributed by atoms with van der Waals surface area (Å²) >= 11 is 5.67. The van der Waals surface area contributed by atoms with Gasteiger partial charge in [-0.25, -0.2) is 9.59 Å². The number of carboxylic acid groups (broad SMARTS) is 2. The maximum Gasteiger partial charge on any atom is 0.341 e.